The summed E-state index contributed by atoms with van der Waals surface area (Å²) in [7, 11) is 0. The summed E-state index contributed by atoms with van der Waals surface area (Å²) >= 11 is 5.92. The van der Waals surface area contributed by atoms with Crippen molar-refractivity contribution in [2.24, 2.45) is 0 Å². The Morgan fingerprint density at radius 2 is 2.29 bits per heavy atom. The Balaban J connectivity index is 2.96. The van der Waals surface area contributed by atoms with Crippen LogP contribution >= 0.6 is 11.6 Å². The van der Waals surface area contributed by atoms with E-state index in [2.05, 4.69) is 11.4 Å². The van der Waals surface area contributed by atoms with Crippen LogP contribution in [0.25, 0.3) is 0 Å². The number of hydrogen-bond acceptors (Lipinski definition) is 3. The summed E-state index contributed by atoms with van der Waals surface area (Å²) in [5.74, 6) is -0.436. The molecule has 0 aromatic heterocycles. The van der Waals surface area contributed by atoms with Crippen molar-refractivity contribution in [1.82, 2.24) is 5.32 Å². The molecule has 1 atom stereocenters. The zero-order valence-corrected chi connectivity index (χ0v) is 10.3. The van der Waals surface area contributed by atoms with Crippen molar-refractivity contribution < 1.29 is 9.50 Å². The first-order valence-corrected chi connectivity index (χ1v) is 5.64. The van der Waals surface area contributed by atoms with Crippen molar-refractivity contribution in [3.63, 3.8) is 0 Å². The summed E-state index contributed by atoms with van der Waals surface area (Å²) in [4.78, 5) is 0. The van der Waals surface area contributed by atoms with Crippen LogP contribution in [0, 0.1) is 17.1 Å². The predicted molar refractivity (Wildman–Crippen MR) is 64.1 cm³/mol. The summed E-state index contributed by atoms with van der Waals surface area (Å²) in [6.45, 7) is 2.20. The normalized spacial score (nSPS) is 14.1. The molecule has 0 saturated heterocycles. The molecule has 0 fully saturated rings. The van der Waals surface area contributed by atoms with Crippen LogP contribution in [0.5, 0.6) is 0 Å². The molecule has 0 aliphatic heterocycles. The van der Waals surface area contributed by atoms with Gasteiger partial charge in [0.2, 0.25) is 0 Å². The number of rotatable bonds is 5. The van der Waals surface area contributed by atoms with E-state index >= 15 is 0 Å². The summed E-state index contributed by atoms with van der Waals surface area (Å²) in [5, 5.41) is 21.1. The molecule has 1 unspecified atom stereocenters. The van der Waals surface area contributed by atoms with Gasteiger partial charge in [-0.2, -0.15) is 5.26 Å². The fourth-order valence-corrected chi connectivity index (χ4v) is 1.86. The van der Waals surface area contributed by atoms with Gasteiger partial charge in [-0.1, -0.05) is 17.7 Å². The number of nitriles is 1. The highest BCUT2D eigenvalue weighted by Gasteiger charge is 2.28. The molecule has 0 aliphatic carbocycles. The van der Waals surface area contributed by atoms with Gasteiger partial charge in [0, 0.05) is 17.2 Å². The van der Waals surface area contributed by atoms with Crippen molar-refractivity contribution in [3.8, 4) is 6.07 Å². The van der Waals surface area contributed by atoms with Gasteiger partial charge < -0.3 is 5.11 Å². The number of aliphatic hydroxyl groups excluding tert-OH is 1. The van der Waals surface area contributed by atoms with E-state index in [0.29, 0.717) is 18.5 Å². The minimum atomic E-state index is -0.986. The van der Waals surface area contributed by atoms with Crippen molar-refractivity contribution in [2.75, 3.05) is 13.2 Å². The van der Waals surface area contributed by atoms with Crippen LogP contribution in [0.15, 0.2) is 18.2 Å². The third kappa shape index (κ3) is 3.40. The van der Waals surface area contributed by atoms with Crippen molar-refractivity contribution in [2.45, 2.75) is 18.9 Å². The van der Waals surface area contributed by atoms with Gasteiger partial charge in [0.1, 0.15) is 11.4 Å². The highest BCUT2D eigenvalue weighted by atomic mass is 35.5. The van der Waals surface area contributed by atoms with E-state index in [-0.39, 0.29) is 11.6 Å². The lowest BCUT2D eigenvalue weighted by Gasteiger charge is -2.24. The van der Waals surface area contributed by atoms with Gasteiger partial charge in [-0.25, -0.2) is 4.39 Å². The molecule has 17 heavy (non-hydrogen) atoms. The Labute approximate surface area is 105 Å². The topological polar surface area (TPSA) is 56.0 Å². The lowest BCUT2D eigenvalue weighted by atomic mass is 9.93. The summed E-state index contributed by atoms with van der Waals surface area (Å²) in [6, 6.07) is 6.06. The van der Waals surface area contributed by atoms with E-state index < -0.39 is 11.4 Å². The van der Waals surface area contributed by atoms with Crippen molar-refractivity contribution in [1.29, 1.82) is 5.26 Å². The zero-order valence-electron chi connectivity index (χ0n) is 9.50. The maximum Gasteiger partial charge on any atom is 0.130 e. The average molecular weight is 257 g/mol. The molecule has 1 aromatic carbocycles. The van der Waals surface area contributed by atoms with Crippen LogP contribution in [0.3, 0.4) is 0 Å². The van der Waals surface area contributed by atoms with E-state index in [9.17, 15) is 9.65 Å². The lowest BCUT2D eigenvalue weighted by Crippen LogP contribution is -2.39. The average Bonchev–Trinajstić information content (AvgIpc) is 2.29. The number of nitrogens with one attached hydrogen (secondary N) is 1. The van der Waals surface area contributed by atoms with Gasteiger partial charge in [-0.05, 0) is 32.0 Å². The zero-order chi connectivity index (χ0) is 12.9. The van der Waals surface area contributed by atoms with Gasteiger partial charge in [-0.3, -0.25) is 5.32 Å². The molecule has 3 nitrogen and oxygen atoms in total. The van der Waals surface area contributed by atoms with E-state index in [0.717, 1.165) is 0 Å². The monoisotopic (exact) mass is 256 g/mol. The number of benzene rings is 1. The number of nitrogens with zero attached hydrogens (tertiary/aromatic N) is 1. The Kier molecular flexibility index (Phi) is 4.88. The second-order valence-electron chi connectivity index (χ2n) is 3.86. The van der Waals surface area contributed by atoms with Crippen molar-refractivity contribution >= 4 is 11.6 Å². The molecule has 0 bridgehead atoms. The van der Waals surface area contributed by atoms with Crippen LogP contribution in [0.1, 0.15) is 18.9 Å². The molecular formula is C12H14ClFN2O. The third-order valence-corrected chi connectivity index (χ3v) is 2.82. The third-order valence-electron chi connectivity index (χ3n) is 2.51. The largest absolute Gasteiger partial charge is 0.396 e. The molecule has 1 aromatic rings. The molecule has 92 valence electrons. The van der Waals surface area contributed by atoms with E-state index in [1.54, 1.807) is 6.92 Å². The number of halogens is 2. The first-order valence-electron chi connectivity index (χ1n) is 5.26. The van der Waals surface area contributed by atoms with Crippen LogP contribution in [0.2, 0.25) is 5.02 Å². The van der Waals surface area contributed by atoms with E-state index in [1.165, 1.54) is 18.2 Å². The first-order chi connectivity index (χ1) is 8.03. The molecular weight excluding hydrogens is 243 g/mol. The molecule has 0 aliphatic rings. The van der Waals surface area contributed by atoms with Crippen LogP contribution in [-0.2, 0) is 5.54 Å². The minimum absolute atomic E-state index is 0.0473. The van der Waals surface area contributed by atoms with Gasteiger partial charge >= 0.3 is 0 Å². The second-order valence-corrected chi connectivity index (χ2v) is 4.27. The van der Waals surface area contributed by atoms with E-state index in [1.807, 2.05) is 0 Å². The Bertz CT molecular complexity index is 433. The molecule has 1 rings (SSSR count). The standard InChI is InChI=1S/C12H14ClFN2O/c1-12(8-15,16-5-2-6-17)10-4-3-9(14)7-11(10)13/h3-4,7,16-17H,2,5-6H2,1H3. The fourth-order valence-electron chi connectivity index (χ4n) is 1.51. The van der Waals surface area contributed by atoms with Crippen LogP contribution < -0.4 is 5.32 Å². The fraction of sp³-hybridized carbons (Fsp3) is 0.417. The number of hydrogen-bond donors (Lipinski definition) is 2. The van der Waals surface area contributed by atoms with Crippen LogP contribution in [-0.4, -0.2) is 18.3 Å². The van der Waals surface area contributed by atoms with E-state index in [4.69, 9.17) is 16.7 Å². The Hall–Kier alpha value is -1.15. The van der Waals surface area contributed by atoms with Gasteiger partial charge in [0.05, 0.1) is 6.07 Å². The smallest absolute Gasteiger partial charge is 0.130 e. The maximum absolute atomic E-state index is 12.9. The van der Waals surface area contributed by atoms with Crippen molar-refractivity contribution in [3.05, 3.63) is 34.6 Å². The predicted octanol–water partition coefficient (Wildman–Crippen LogP) is 2.19. The van der Waals surface area contributed by atoms with Gasteiger partial charge in [0.15, 0.2) is 0 Å². The van der Waals surface area contributed by atoms with Gasteiger partial charge in [0.25, 0.3) is 0 Å². The van der Waals surface area contributed by atoms with Gasteiger partial charge in [-0.15, -0.1) is 0 Å². The summed E-state index contributed by atoms with van der Waals surface area (Å²) in [5.41, 5.74) is -0.457. The Morgan fingerprint density at radius 3 is 2.82 bits per heavy atom. The molecule has 0 saturated carbocycles. The number of aliphatic hydroxyl groups is 1. The van der Waals surface area contributed by atoms with Crippen LogP contribution in [0.4, 0.5) is 4.39 Å². The molecule has 0 radical (unpaired) electrons. The second kappa shape index (κ2) is 5.97. The maximum atomic E-state index is 12.9. The summed E-state index contributed by atoms with van der Waals surface area (Å²) in [6.07, 6.45) is 0.538. The molecule has 0 heterocycles. The molecule has 0 spiro atoms. The lowest BCUT2D eigenvalue weighted by molar-refractivity contribution is 0.280. The quantitative estimate of drug-likeness (QED) is 0.794. The Morgan fingerprint density at radius 1 is 1.59 bits per heavy atom. The molecule has 0 amide bonds. The highest BCUT2D eigenvalue weighted by Crippen LogP contribution is 2.28. The first kappa shape index (κ1) is 13.9. The highest BCUT2D eigenvalue weighted by molar-refractivity contribution is 6.31. The minimum Gasteiger partial charge on any atom is -0.396 e. The summed E-state index contributed by atoms with van der Waals surface area (Å²) < 4.78 is 12.9. The SMILES string of the molecule is CC(C#N)(NCCCO)c1ccc(F)cc1Cl. The molecule has 2 N–H and O–H groups in total. The molecule has 5 heteroatoms.